The van der Waals surface area contributed by atoms with Gasteiger partial charge < -0.3 is 9.97 Å². The maximum absolute atomic E-state index is 14.3. The monoisotopic (exact) mass is 850 g/mol. The van der Waals surface area contributed by atoms with Gasteiger partial charge in [0, 0.05) is 47.7 Å². The minimum atomic E-state index is -2.30. The van der Waals surface area contributed by atoms with Crippen LogP contribution in [0.1, 0.15) is 46.0 Å². The smallest absolute Gasteiger partial charge is 0.140 e. The molecule has 0 unspecified atom stereocenters. The van der Waals surface area contributed by atoms with Crippen molar-refractivity contribution in [2.24, 2.45) is 0 Å². The third-order valence-corrected chi connectivity index (χ3v) is 11.3. The van der Waals surface area contributed by atoms with E-state index in [0.29, 0.717) is 21.5 Å². The van der Waals surface area contributed by atoms with E-state index < -0.39 is 27.7 Å². The van der Waals surface area contributed by atoms with Crippen molar-refractivity contribution < 1.29 is 34.1 Å². The zero-order chi connectivity index (χ0) is 39.2. The normalized spacial score (nSPS) is 14.2. The Kier molecular flexibility index (Phi) is 8.32. The zero-order valence-corrected chi connectivity index (χ0v) is 31.5. The Hall–Kier alpha value is -3.80. The van der Waals surface area contributed by atoms with Crippen molar-refractivity contribution in [3.05, 3.63) is 138 Å². The Balaban J connectivity index is 0.000000213. The van der Waals surface area contributed by atoms with Gasteiger partial charge in [0.1, 0.15) is 5.82 Å². The van der Waals surface area contributed by atoms with Gasteiger partial charge in [0.15, 0.2) is 0 Å². The molecule has 0 bridgehead atoms. The number of rotatable bonds is 5. The van der Waals surface area contributed by atoms with Gasteiger partial charge in [0.05, 0.1) is 12.8 Å². The van der Waals surface area contributed by atoms with E-state index in [-0.39, 0.29) is 37.0 Å². The zero-order valence-electron chi connectivity index (χ0n) is 34.3. The van der Waals surface area contributed by atoms with Gasteiger partial charge in [-0.05, 0) is 56.6 Å². The fourth-order valence-electron chi connectivity index (χ4n) is 5.56. The molecule has 0 atom stereocenters. The molecule has 0 saturated heterocycles. The number of aryl methyl sites for hydroxylation is 2. The Morgan fingerprint density at radius 1 is 0.833 bits per heavy atom. The molecule has 7 aromatic rings. The van der Waals surface area contributed by atoms with Gasteiger partial charge >= 0.3 is 0 Å². The number of nitrogens with zero attached hydrogens (tertiary/aromatic N) is 2. The molecule has 3 aromatic heterocycles. The van der Waals surface area contributed by atoms with E-state index in [4.69, 9.17) is 9.60 Å². The number of thiophene rings is 1. The minimum Gasteiger partial charge on any atom is -0.305 e. The van der Waals surface area contributed by atoms with Crippen molar-refractivity contribution in [1.82, 2.24) is 9.97 Å². The molecule has 0 spiro atoms. The molecule has 0 aliphatic heterocycles. The largest absolute Gasteiger partial charge is 0.305 e. The molecule has 0 aliphatic rings. The van der Waals surface area contributed by atoms with Crippen LogP contribution < -0.4 is 5.19 Å². The predicted molar refractivity (Wildman–Crippen MR) is 202 cm³/mol. The molecule has 7 rings (SSSR count). The van der Waals surface area contributed by atoms with Gasteiger partial charge in [0.25, 0.3) is 0 Å². The quantitative estimate of drug-likeness (QED) is 0.127. The van der Waals surface area contributed by atoms with E-state index in [1.165, 1.54) is 28.7 Å². The first kappa shape index (κ1) is 27.1. The third kappa shape index (κ3) is 7.43. The second-order valence-electron chi connectivity index (χ2n) is 12.7. The molecule has 3 heterocycles. The summed E-state index contributed by atoms with van der Waals surface area (Å²) in [5.74, 6) is -0.985. The number of benzene rings is 4. The molecule has 1 radical (unpaired) electrons. The van der Waals surface area contributed by atoms with Crippen LogP contribution in [-0.2, 0) is 20.1 Å². The fourth-order valence-corrected chi connectivity index (χ4v) is 8.35. The molecule has 0 N–H and O–H groups in total. The van der Waals surface area contributed by atoms with E-state index in [1.807, 2.05) is 68.6 Å². The summed E-state index contributed by atoms with van der Waals surface area (Å²) >= 11 is 1.34. The van der Waals surface area contributed by atoms with E-state index in [9.17, 15) is 4.39 Å². The van der Waals surface area contributed by atoms with E-state index in [1.54, 1.807) is 36.5 Å². The molecule has 6 heteroatoms. The Bertz CT molecular complexity index is 2450. The molecule has 48 heavy (non-hydrogen) atoms. The minimum absolute atomic E-state index is 0. The van der Waals surface area contributed by atoms with Crippen LogP contribution in [0.25, 0.3) is 53.8 Å². The van der Waals surface area contributed by atoms with Crippen molar-refractivity contribution >= 4 is 44.8 Å². The number of fused-ring (bicyclic) bond motifs is 3. The average Bonchev–Trinajstić information content (AvgIpc) is 3.51. The summed E-state index contributed by atoms with van der Waals surface area (Å²) in [7, 11) is -1.61. The Morgan fingerprint density at radius 3 is 2.29 bits per heavy atom. The summed E-state index contributed by atoms with van der Waals surface area (Å²) in [5, 5.41) is 2.93. The molecular formula is C42H39FIrN2SSi-2. The number of hydrogen-bond donors (Lipinski definition) is 0. The Labute approximate surface area is 312 Å². The van der Waals surface area contributed by atoms with Gasteiger partial charge in [-0.25, -0.2) is 4.39 Å². The molecule has 2 nitrogen and oxygen atoms in total. The maximum Gasteiger partial charge on any atom is 0.140 e. The Morgan fingerprint density at radius 2 is 1.60 bits per heavy atom. The number of aromatic nitrogens is 2. The van der Waals surface area contributed by atoms with Crippen LogP contribution in [-0.4, -0.2) is 18.0 Å². The molecule has 245 valence electrons. The maximum atomic E-state index is 14.3. The summed E-state index contributed by atoms with van der Waals surface area (Å²) in [5.41, 5.74) is 5.53. The third-order valence-electron chi connectivity index (χ3n) is 7.99. The van der Waals surface area contributed by atoms with Gasteiger partial charge in [-0.3, -0.25) is 0 Å². The summed E-state index contributed by atoms with van der Waals surface area (Å²) in [4.78, 5) is 9.13. The van der Waals surface area contributed by atoms with Crippen molar-refractivity contribution in [2.45, 2.75) is 53.1 Å². The summed E-state index contributed by atoms with van der Waals surface area (Å²) < 4.78 is 70.7. The molecule has 4 aromatic carbocycles. The van der Waals surface area contributed by atoms with Gasteiger partial charge in [-0.15, -0.1) is 59.2 Å². The van der Waals surface area contributed by atoms with Crippen molar-refractivity contribution in [2.75, 3.05) is 0 Å². The van der Waals surface area contributed by atoms with Crippen LogP contribution in [0.2, 0.25) is 19.6 Å². The van der Waals surface area contributed by atoms with Crippen molar-refractivity contribution in [1.29, 1.82) is 0 Å². The standard InChI is InChI=1S/C24H15FNS.C18H24NSi.Ir/c1-15-13-22(26-14-20(15)16-7-3-2-4-8-16)19-11-5-9-17-18-10-6-12-21(25)24(18)27-23(17)19;1-13(2)16-11-17(15-9-7-14(3)8-10-15)19-12-18(16)20(4,5)6;/h2-10,12-14H,1H3;7-9,11-13H,1-6H3;/q2*-1;/i1D3;3D3,13D;. The van der Waals surface area contributed by atoms with Crippen LogP contribution in [0.3, 0.4) is 0 Å². The van der Waals surface area contributed by atoms with Gasteiger partial charge in [0.2, 0.25) is 0 Å². The first-order valence-corrected chi connectivity index (χ1v) is 19.7. The topological polar surface area (TPSA) is 25.8 Å². The van der Waals surface area contributed by atoms with Crippen LogP contribution in [0.15, 0.2) is 103 Å². The van der Waals surface area contributed by atoms with E-state index >= 15 is 0 Å². The summed E-state index contributed by atoms with van der Waals surface area (Å²) in [6.45, 7) is 6.08. The van der Waals surface area contributed by atoms with Crippen LogP contribution in [0, 0.1) is 31.7 Å². The van der Waals surface area contributed by atoms with Crippen LogP contribution in [0.5, 0.6) is 0 Å². The number of hydrogen-bond acceptors (Lipinski definition) is 3. The molecule has 0 aliphatic carbocycles. The number of halogens is 1. The first-order valence-electron chi connectivity index (χ1n) is 18.8. The molecule has 0 fully saturated rings. The van der Waals surface area contributed by atoms with Crippen molar-refractivity contribution in [3.8, 4) is 33.6 Å². The SMILES string of the molecule is [2H]C([2H])([2H])c1c[c-]c(-c2cc(C([2H])(C)C)c([Si](C)(C)C)cn2)cc1.[2H]C([2H])([2H])c1cc(-c2[c-]ccc3c2sc2c(F)cccc23)ncc1-c1ccccc1.[Ir]. The molecular weight excluding hydrogens is 804 g/mol. The van der Waals surface area contributed by atoms with Crippen molar-refractivity contribution in [3.63, 3.8) is 0 Å². The second-order valence-corrected chi connectivity index (χ2v) is 18.7. The first-order chi connectivity index (χ1) is 25.2. The van der Waals surface area contributed by atoms with E-state index in [2.05, 4.69) is 41.7 Å². The molecule has 0 amide bonds. The summed E-state index contributed by atoms with van der Waals surface area (Å²) in [6, 6.07) is 32.7. The van der Waals surface area contributed by atoms with E-state index in [0.717, 1.165) is 37.9 Å². The predicted octanol–water partition coefficient (Wildman–Crippen LogP) is 11.6. The fraction of sp³-hybridized carbons (Fsp3) is 0.190. The van der Waals surface area contributed by atoms with Gasteiger partial charge in [-0.2, -0.15) is 11.3 Å². The number of pyridine rings is 2. The van der Waals surface area contributed by atoms with Crippen LogP contribution in [0.4, 0.5) is 4.39 Å². The molecule has 0 saturated carbocycles. The summed E-state index contributed by atoms with van der Waals surface area (Å²) in [6.07, 6.45) is 3.49. The van der Waals surface area contributed by atoms with Gasteiger partial charge in [-0.1, -0.05) is 106 Å². The van der Waals surface area contributed by atoms with Crippen LogP contribution >= 0.6 is 11.3 Å². The second kappa shape index (κ2) is 14.8. The average molecular weight is 850 g/mol.